The summed E-state index contributed by atoms with van der Waals surface area (Å²) >= 11 is 0. The lowest BCUT2D eigenvalue weighted by Gasteiger charge is -2.41. The largest absolute Gasteiger partial charge is 0.494 e. The normalized spacial score (nSPS) is 20.5. The van der Waals surface area contributed by atoms with Crippen molar-refractivity contribution in [1.82, 2.24) is 10.2 Å². The molecule has 1 heterocycles. The minimum atomic E-state index is 0. The number of piperazine rings is 1. The fourth-order valence-corrected chi connectivity index (χ4v) is 4.17. The maximum atomic E-state index is 5.96. The van der Waals surface area contributed by atoms with Gasteiger partial charge in [0.05, 0.1) is 6.61 Å². The van der Waals surface area contributed by atoms with Crippen LogP contribution in [-0.2, 0) is 0 Å². The van der Waals surface area contributed by atoms with Crippen molar-refractivity contribution in [2.45, 2.75) is 45.1 Å². The molecular weight excluding hydrogens is 343 g/mol. The van der Waals surface area contributed by atoms with Crippen LogP contribution < -0.4 is 10.1 Å². The van der Waals surface area contributed by atoms with Crippen molar-refractivity contribution >= 4 is 24.8 Å². The Kier molecular flexibility index (Phi) is 10.1. The van der Waals surface area contributed by atoms with Crippen molar-refractivity contribution in [2.75, 3.05) is 32.8 Å². The lowest BCUT2D eigenvalue weighted by Crippen LogP contribution is -2.47. The fourth-order valence-electron chi connectivity index (χ4n) is 4.17. The highest BCUT2D eigenvalue weighted by molar-refractivity contribution is 5.85. The molecule has 5 heteroatoms. The third kappa shape index (κ3) is 5.26. The van der Waals surface area contributed by atoms with Gasteiger partial charge in [-0.3, -0.25) is 4.90 Å². The van der Waals surface area contributed by atoms with Crippen molar-refractivity contribution in [3.8, 4) is 5.75 Å². The minimum Gasteiger partial charge on any atom is -0.494 e. The number of hydrogen-bond acceptors (Lipinski definition) is 3. The molecule has 138 valence electrons. The smallest absolute Gasteiger partial charge is 0.124 e. The number of nitrogens with one attached hydrogen (secondary N) is 1. The van der Waals surface area contributed by atoms with Gasteiger partial charge < -0.3 is 10.1 Å². The average Bonchev–Trinajstić information content (AvgIpc) is 2.59. The zero-order chi connectivity index (χ0) is 15.2. The molecule has 0 spiro atoms. The molecule has 1 aliphatic carbocycles. The summed E-state index contributed by atoms with van der Waals surface area (Å²) in [6, 6.07) is 9.26. The number of ether oxygens (including phenoxy) is 1. The Hall–Kier alpha value is -0.480. The van der Waals surface area contributed by atoms with Crippen LogP contribution in [-0.4, -0.2) is 37.7 Å². The topological polar surface area (TPSA) is 24.5 Å². The van der Waals surface area contributed by atoms with Crippen molar-refractivity contribution in [1.29, 1.82) is 0 Å². The van der Waals surface area contributed by atoms with Crippen LogP contribution >= 0.6 is 24.8 Å². The Morgan fingerprint density at radius 1 is 1.08 bits per heavy atom. The zero-order valence-corrected chi connectivity index (χ0v) is 16.3. The van der Waals surface area contributed by atoms with E-state index in [4.69, 9.17) is 4.74 Å². The number of hydrogen-bond donors (Lipinski definition) is 1. The second kappa shape index (κ2) is 11.2. The second-order valence-corrected chi connectivity index (χ2v) is 6.60. The van der Waals surface area contributed by atoms with Crippen molar-refractivity contribution in [3.63, 3.8) is 0 Å². The van der Waals surface area contributed by atoms with E-state index in [9.17, 15) is 0 Å². The highest BCUT2D eigenvalue weighted by Crippen LogP contribution is 2.41. The van der Waals surface area contributed by atoms with E-state index in [1.54, 1.807) is 0 Å². The van der Waals surface area contributed by atoms with Gasteiger partial charge in [0, 0.05) is 37.8 Å². The van der Waals surface area contributed by atoms with Crippen LogP contribution in [0.5, 0.6) is 5.75 Å². The number of benzene rings is 1. The summed E-state index contributed by atoms with van der Waals surface area (Å²) in [6.07, 6.45) is 6.94. The molecule has 2 aliphatic rings. The predicted molar refractivity (Wildman–Crippen MR) is 106 cm³/mol. The van der Waals surface area contributed by atoms with Gasteiger partial charge in [-0.1, -0.05) is 37.5 Å². The van der Waals surface area contributed by atoms with Gasteiger partial charge >= 0.3 is 0 Å². The molecule has 0 aromatic heterocycles. The third-order valence-electron chi connectivity index (χ3n) is 5.18. The standard InChI is InChI=1S/C19H30N2O.2ClH/c1-2-22-18-11-7-6-10-17(18)19(16-8-4-3-5-9-16)21-14-12-20-13-15-21;;/h6-7,10-11,16,19-20H,2-5,8-9,12-15H2,1H3;2*1H/t19-;;/m0../s1. The molecule has 1 saturated heterocycles. The van der Waals surface area contributed by atoms with Gasteiger partial charge in [0.1, 0.15) is 5.75 Å². The quantitative estimate of drug-likeness (QED) is 0.823. The predicted octanol–water partition coefficient (Wildman–Crippen LogP) is 4.46. The van der Waals surface area contributed by atoms with Gasteiger partial charge in [-0.15, -0.1) is 24.8 Å². The maximum absolute atomic E-state index is 5.96. The number of halogens is 2. The molecule has 0 radical (unpaired) electrons. The number of nitrogens with zero attached hydrogens (tertiary/aromatic N) is 1. The van der Waals surface area contributed by atoms with E-state index in [0.29, 0.717) is 6.04 Å². The van der Waals surface area contributed by atoms with Crippen molar-refractivity contribution in [2.24, 2.45) is 5.92 Å². The van der Waals surface area contributed by atoms with Gasteiger partial charge in [-0.05, 0) is 31.7 Å². The molecule has 0 amide bonds. The van der Waals surface area contributed by atoms with E-state index in [1.807, 2.05) is 0 Å². The summed E-state index contributed by atoms with van der Waals surface area (Å²) in [7, 11) is 0. The Labute approximate surface area is 159 Å². The number of para-hydroxylation sites is 1. The molecule has 1 N–H and O–H groups in total. The van der Waals surface area contributed by atoms with Gasteiger partial charge in [-0.25, -0.2) is 0 Å². The molecule has 1 atom stereocenters. The molecule has 24 heavy (non-hydrogen) atoms. The minimum absolute atomic E-state index is 0. The highest BCUT2D eigenvalue weighted by Gasteiger charge is 2.32. The molecule has 0 bridgehead atoms. The SMILES string of the molecule is CCOc1ccccc1[C@H](C1CCCCC1)N1CCNCC1.Cl.Cl. The third-order valence-corrected chi connectivity index (χ3v) is 5.18. The van der Waals surface area contributed by atoms with Crippen LogP contribution in [0.2, 0.25) is 0 Å². The summed E-state index contributed by atoms with van der Waals surface area (Å²) in [5.41, 5.74) is 1.41. The lowest BCUT2D eigenvalue weighted by molar-refractivity contribution is 0.101. The summed E-state index contributed by atoms with van der Waals surface area (Å²) in [4.78, 5) is 2.70. The maximum Gasteiger partial charge on any atom is 0.124 e. The highest BCUT2D eigenvalue weighted by atomic mass is 35.5. The summed E-state index contributed by atoms with van der Waals surface area (Å²) in [5.74, 6) is 1.88. The zero-order valence-electron chi connectivity index (χ0n) is 14.7. The molecule has 2 fully saturated rings. The lowest BCUT2D eigenvalue weighted by atomic mass is 9.80. The first-order chi connectivity index (χ1) is 10.9. The van der Waals surface area contributed by atoms with E-state index < -0.39 is 0 Å². The number of rotatable bonds is 5. The van der Waals surface area contributed by atoms with Crippen LogP contribution in [0, 0.1) is 5.92 Å². The first-order valence-electron chi connectivity index (χ1n) is 9.06. The van der Waals surface area contributed by atoms with Crippen LogP contribution in [0.25, 0.3) is 0 Å². The van der Waals surface area contributed by atoms with E-state index in [2.05, 4.69) is 41.4 Å². The van der Waals surface area contributed by atoms with Crippen molar-refractivity contribution < 1.29 is 4.74 Å². The average molecular weight is 375 g/mol. The Balaban J connectivity index is 0.00000144. The molecule has 0 unspecified atom stereocenters. The fraction of sp³-hybridized carbons (Fsp3) is 0.684. The molecule has 1 aliphatic heterocycles. The second-order valence-electron chi connectivity index (χ2n) is 6.60. The van der Waals surface area contributed by atoms with Gasteiger partial charge in [0.25, 0.3) is 0 Å². The van der Waals surface area contributed by atoms with E-state index in [1.165, 1.54) is 37.7 Å². The molecule has 3 nitrogen and oxygen atoms in total. The molecule has 3 rings (SSSR count). The van der Waals surface area contributed by atoms with E-state index in [0.717, 1.165) is 44.5 Å². The first-order valence-corrected chi connectivity index (χ1v) is 9.06. The monoisotopic (exact) mass is 374 g/mol. The Morgan fingerprint density at radius 2 is 1.75 bits per heavy atom. The summed E-state index contributed by atoms with van der Waals surface area (Å²) in [6.45, 7) is 7.36. The van der Waals surface area contributed by atoms with Crippen LogP contribution in [0.1, 0.15) is 50.6 Å². The van der Waals surface area contributed by atoms with E-state index in [-0.39, 0.29) is 24.8 Å². The van der Waals surface area contributed by atoms with E-state index >= 15 is 0 Å². The molecule has 1 saturated carbocycles. The van der Waals surface area contributed by atoms with Crippen LogP contribution in [0.4, 0.5) is 0 Å². The first kappa shape index (κ1) is 21.6. The summed E-state index contributed by atoms with van der Waals surface area (Å²) in [5, 5.41) is 3.49. The Bertz CT molecular complexity index is 442. The molecule has 1 aromatic carbocycles. The molecular formula is C19H32Cl2N2O. The molecule has 1 aromatic rings. The summed E-state index contributed by atoms with van der Waals surface area (Å²) < 4.78 is 5.96. The van der Waals surface area contributed by atoms with Gasteiger partial charge in [0.2, 0.25) is 0 Å². The van der Waals surface area contributed by atoms with Crippen molar-refractivity contribution in [3.05, 3.63) is 29.8 Å². The van der Waals surface area contributed by atoms with Crippen LogP contribution in [0.3, 0.4) is 0 Å². The van der Waals surface area contributed by atoms with Gasteiger partial charge in [-0.2, -0.15) is 0 Å². The van der Waals surface area contributed by atoms with Crippen LogP contribution in [0.15, 0.2) is 24.3 Å². The van der Waals surface area contributed by atoms with Gasteiger partial charge in [0.15, 0.2) is 0 Å². The Morgan fingerprint density at radius 3 is 2.42 bits per heavy atom.